The SMILES string of the molecule is COc1ccc(S(=O)(=O)N[C@@H](Cc2ccccc2)C(=O)Nc2ccccc2)cc1Cl. The zero-order valence-corrected chi connectivity index (χ0v) is 17.8. The summed E-state index contributed by atoms with van der Waals surface area (Å²) in [6.45, 7) is 0. The van der Waals surface area contributed by atoms with Crippen molar-refractivity contribution in [3.05, 3.63) is 89.4 Å². The van der Waals surface area contributed by atoms with Gasteiger partial charge in [-0.3, -0.25) is 4.79 Å². The third kappa shape index (κ3) is 5.60. The summed E-state index contributed by atoms with van der Waals surface area (Å²) in [6.07, 6.45) is 0.183. The number of halogens is 1. The molecule has 2 N–H and O–H groups in total. The fourth-order valence-electron chi connectivity index (χ4n) is 2.86. The number of hydrogen-bond donors (Lipinski definition) is 2. The molecule has 0 heterocycles. The highest BCUT2D eigenvalue weighted by atomic mass is 35.5. The van der Waals surface area contributed by atoms with Crippen LogP contribution in [0, 0.1) is 0 Å². The minimum atomic E-state index is -4.02. The van der Waals surface area contributed by atoms with Crippen molar-refractivity contribution in [2.75, 3.05) is 12.4 Å². The maximum absolute atomic E-state index is 13.0. The Kier molecular flexibility index (Phi) is 7.10. The molecule has 0 aliphatic carbocycles. The van der Waals surface area contributed by atoms with Crippen molar-refractivity contribution < 1.29 is 17.9 Å². The van der Waals surface area contributed by atoms with E-state index in [9.17, 15) is 13.2 Å². The van der Waals surface area contributed by atoms with Gasteiger partial charge >= 0.3 is 0 Å². The molecule has 3 rings (SSSR count). The third-order valence-corrected chi connectivity index (χ3v) is 6.14. The molecule has 0 bridgehead atoms. The Hall–Kier alpha value is -2.87. The molecule has 30 heavy (non-hydrogen) atoms. The van der Waals surface area contributed by atoms with Gasteiger partial charge in [-0.05, 0) is 42.3 Å². The number of anilines is 1. The van der Waals surface area contributed by atoms with Crippen LogP contribution >= 0.6 is 11.6 Å². The molecule has 156 valence electrons. The number of nitrogens with one attached hydrogen (secondary N) is 2. The second-order valence-electron chi connectivity index (χ2n) is 6.52. The van der Waals surface area contributed by atoms with E-state index >= 15 is 0 Å². The summed E-state index contributed by atoms with van der Waals surface area (Å²) in [5.74, 6) is -0.105. The molecule has 0 radical (unpaired) electrons. The predicted molar refractivity (Wildman–Crippen MR) is 117 cm³/mol. The molecule has 0 fully saturated rings. The van der Waals surface area contributed by atoms with Gasteiger partial charge in [0.2, 0.25) is 15.9 Å². The Balaban J connectivity index is 1.87. The number of hydrogen-bond acceptors (Lipinski definition) is 4. The van der Waals surface area contributed by atoms with E-state index in [0.717, 1.165) is 5.56 Å². The molecular formula is C22H21ClN2O4S. The lowest BCUT2D eigenvalue weighted by atomic mass is 10.1. The molecule has 0 aromatic heterocycles. The van der Waals surface area contributed by atoms with Crippen molar-refractivity contribution in [3.8, 4) is 5.75 Å². The lowest BCUT2D eigenvalue weighted by Gasteiger charge is -2.19. The fraction of sp³-hybridized carbons (Fsp3) is 0.136. The first kappa shape index (κ1) is 21.8. The van der Waals surface area contributed by atoms with Crippen LogP contribution in [-0.2, 0) is 21.2 Å². The molecule has 0 aliphatic heterocycles. The molecule has 3 aromatic carbocycles. The van der Waals surface area contributed by atoms with Crippen LogP contribution in [0.2, 0.25) is 5.02 Å². The summed E-state index contributed by atoms with van der Waals surface area (Å²) in [4.78, 5) is 12.9. The van der Waals surface area contributed by atoms with Gasteiger partial charge in [0.25, 0.3) is 0 Å². The maximum atomic E-state index is 13.0. The Labute approximate surface area is 180 Å². The van der Waals surface area contributed by atoms with Gasteiger partial charge in [0.05, 0.1) is 17.0 Å². The van der Waals surface area contributed by atoms with Gasteiger partial charge in [-0.15, -0.1) is 0 Å². The molecule has 0 unspecified atom stereocenters. The van der Waals surface area contributed by atoms with Crippen molar-refractivity contribution in [1.29, 1.82) is 0 Å². The summed E-state index contributed by atoms with van der Waals surface area (Å²) < 4.78 is 33.5. The number of carbonyl (C=O) groups is 1. The summed E-state index contributed by atoms with van der Waals surface area (Å²) in [5.41, 5.74) is 1.40. The van der Waals surface area contributed by atoms with E-state index in [-0.39, 0.29) is 16.3 Å². The minimum Gasteiger partial charge on any atom is -0.495 e. The highest BCUT2D eigenvalue weighted by Crippen LogP contribution is 2.27. The summed E-state index contributed by atoms with van der Waals surface area (Å²) in [6, 6.07) is 21.1. The molecule has 1 atom stereocenters. The average molecular weight is 445 g/mol. The Morgan fingerprint density at radius 3 is 2.23 bits per heavy atom. The number of para-hydroxylation sites is 1. The lowest BCUT2D eigenvalue weighted by Crippen LogP contribution is -2.45. The van der Waals surface area contributed by atoms with E-state index in [4.69, 9.17) is 16.3 Å². The highest BCUT2D eigenvalue weighted by molar-refractivity contribution is 7.89. The number of ether oxygens (including phenoxy) is 1. The third-order valence-electron chi connectivity index (χ3n) is 4.37. The van der Waals surface area contributed by atoms with E-state index in [1.807, 2.05) is 36.4 Å². The molecular weight excluding hydrogens is 424 g/mol. The molecule has 0 spiro atoms. The maximum Gasteiger partial charge on any atom is 0.242 e. The van der Waals surface area contributed by atoms with Crippen LogP contribution in [0.15, 0.2) is 83.8 Å². The van der Waals surface area contributed by atoms with E-state index in [0.29, 0.717) is 11.4 Å². The standard InChI is InChI=1S/C22H21ClN2O4S/c1-29-21-13-12-18(15-19(21)23)30(27,28)25-20(14-16-8-4-2-5-9-16)22(26)24-17-10-6-3-7-11-17/h2-13,15,20,25H,14H2,1H3,(H,24,26)/t20-/m0/s1. The Morgan fingerprint density at radius 2 is 1.63 bits per heavy atom. The number of rotatable bonds is 8. The topological polar surface area (TPSA) is 84.5 Å². The molecule has 0 aliphatic rings. The smallest absolute Gasteiger partial charge is 0.242 e. The molecule has 1 amide bonds. The molecule has 6 nitrogen and oxygen atoms in total. The van der Waals surface area contributed by atoms with E-state index in [1.54, 1.807) is 24.3 Å². The minimum absolute atomic E-state index is 0.0566. The van der Waals surface area contributed by atoms with Crippen LogP contribution in [-0.4, -0.2) is 27.5 Å². The highest BCUT2D eigenvalue weighted by Gasteiger charge is 2.27. The van der Waals surface area contributed by atoms with Gasteiger partial charge in [0, 0.05) is 5.69 Å². The van der Waals surface area contributed by atoms with Crippen LogP contribution in [0.1, 0.15) is 5.56 Å². The quantitative estimate of drug-likeness (QED) is 0.552. The van der Waals surface area contributed by atoms with Crippen LogP contribution in [0.4, 0.5) is 5.69 Å². The van der Waals surface area contributed by atoms with Crippen molar-refractivity contribution in [2.45, 2.75) is 17.4 Å². The van der Waals surface area contributed by atoms with Crippen LogP contribution in [0.5, 0.6) is 5.75 Å². The molecule has 8 heteroatoms. The molecule has 3 aromatic rings. The molecule has 0 saturated heterocycles. The zero-order chi connectivity index (χ0) is 21.6. The summed E-state index contributed by atoms with van der Waals surface area (Å²) >= 11 is 6.08. The first-order chi connectivity index (χ1) is 14.4. The summed E-state index contributed by atoms with van der Waals surface area (Å²) in [7, 11) is -2.57. The fourth-order valence-corrected chi connectivity index (χ4v) is 4.40. The van der Waals surface area contributed by atoms with Crippen LogP contribution in [0.3, 0.4) is 0 Å². The second kappa shape index (κ2) is 9.75. The number of methoxy groups -OCH3 is 1. The first-order valence-corrected chi connectivity index (χ1v) is 11.0. The van der Waals surface area contributed by atoms with Crippen LogP contribution in [0.25, 0.3) is 0 Å². The molecule has 0 saturated carbocycles. The zero-order valence-electron chi connectivity index (χ0n) is 16.2. The van der Waals surface area contributed by atoms with Crippen molar-refractivity contribution >= 4 is 33.2 Å². The van der Waals surface area contributed by atoms with E-state index in [2.05, 4.69) is 10.0 Å². The van der Waals surface area contributed by atoms with E-state index in [1.165, 1.54) is 25.3 Å². The monoisotopic (exact) mass is 444 g/mol. The Bertz CT molecular complexity index is 1110. The number of carbonyl (C=O) groups excluding carboxylic acids is 1. The first-order valence-electron chi connectivity index (χ1n) is 9.15. The number of amides is 1. The number of benzene rings is 3. The van der Waals surface area contributed by atoms with Gasteiger partial charge < -0.3 is 10.1 Å². The van der Waals surface area contributed by atoms with Crippen LogP contribution < -0.4 is 14.8 Å². The Morgan fingerprint density at radius 1 is 1.00 bits per heavy atom. The lowest BCUT2D eigenvalue weighted by molar-refractivity contribution is -0.117. The van der Waals surface area contributed by atoms with Gasteiger partial charge in [-0.2, -0.15) is 4.72 Å². The van der Waals surface area contributed by atoms with Crippen molar-refractivity contribution in [1.82, 2.24) is 4.72 Å². The van der Waals surface area contributed by atoms with Crippen molar-refractivity contribution in [3.63, 3.8) is 0 Å². The van der Waals surface area contributed by atoms with Gasteiger partial charge in [-0.1, -0.05) is 60.1 Å². The van der Waals surface area contributed by atoms with Gasteiger partial charge in [-0.25, -0.2) is 8.42 Å². The normalized spacial score (nSPS) is 12.2. The number of sulfonamides is 1. The largest absolute Gasteiger partial charge is 0.495 e. The van der Waals surface area contributed by atoms with Crippen molar-refractivity contribution in [2.24, 2.45) is 0 Å². The summed E-state index contributed by atoms with van der Waals surface area (Å²) in [5, 5.41) is 2.91. The van der Waals surface area contributed by atoms with Gasteiger partial charge in [0.15, 0.2) is 0 Å². The van der Waals surface area contributed by atoms with Gasteiger partial charge in [0.1, 0.15) is 11.8 Å². The second-order valence-corrected chi connectivity index (χ2v) is 8.64. The van der Waals surface area contributed by atoms with E-state index < -0.39 is 22.0 Å². The predicted octanol–water partition coefficient (Wildman–Crippen LogP) is 3.88. The average Bonchev–Trinajstić information content (AvgIpc) is 2.74.